The van der Waals surface area contributed by atoms with Crippen LogP contribution in [0, 0.1) is 0 Å². The molecule has 1 heterocycles. The zero-order valence-corrected chi connectivity index (χ0v) is 28.0. The molecular formula is C28H24N8O11S3. The van der Waals surface area contributed by atoms with Crippen molar-refractivity contribution in [3.63, 3.8) is 0 Å². The highest BCUT2D eigenvalue weighted by Crippen LogP contribution is 2.47. The number of methoxy groups -OCH3 is 2. The van der Waals surface area contributed by atoms with Gasteiger partial charge in [-0.05, 0) is 53.9 Å². The Bertz CT molecular complexity index is 2330. The fraction of sp³-hybridized carbons (Fsp3) is 0.0714. The van der Waals surface area contributed by atoms with E-state index in [4.69, 9.17) is 20.5 Å². The monoisotopic (exact) mass is 744 g/mol. The van der Waals surface area contributed by atoms with E-state index in [2.05, 4.69) is 44.5 Å². The fourth-order valence-corrected chi connectivity index (χ4v) is 6.37. The van der Waals surface area contributed by atoms with E-state index in [0.717, 1.165) is 12.1 Å². The minimum Gasteiger partial charge on any atom is -0.505 e. The summed E-state index contributed by atoms with van der Waals surface area (Å²) in [6.45, 7) is 0. The number of phenolic OH excluding ortho intramolecular Hbond substituents is 1. The first-order chi connectivity index (χ1) is 23.8. The van der Waals surface area contributed by atoms with Crippen LogP contribution in [-0.4, -0.2) is 55.9 Å². The third-order valence-electron chi connectivity index (χ3n) is 6.56. The summed E-state index contributed by atoms with van der Waals surface area (Å²) in [4.78, 5) is 7.04. The number of nitrogens with zero attached hydrogens (tertiary/aromatic N) is 6. The average Bonchev–Trinajstić information content (AvgIpc) is 3.09. The van der Waals surface area contributed by atoms with Crippen LogP contribution in [-0.2, 0) is 29.5 Å². The van der Waals surface area contributed by atoms with Crippen LogP contribution < -0.4 is 19.9 Å². The molecule has 0 aliphatic carbocycles. The number of anilines is 2. The van der Waals surface area contributed by atoms with E-state index in [0.29, 0.717) is 17.7 Å². The summed E-state index contributed by atoms with van der Waals surface area (Å²) in [5.41, 5.74) is 5.86. The number of nitrogens with two attached hydrogens (primary N) is 1. The number of sulfonamides is 1. The second kappa shape index (κ2) is 15.0. The van der Waals surface area contributed by atoms with Gasteiger partial charge in [0, 0.05) is 29.9 Å². The van der Waals surface area contributed by atoms with Crippen molar-refractivity contribution in [3.05, 3.63) is 73.1 Å². The summed E-state index contributed by atoms with van der Waals surface area (Å²) in [5, 5.41) is 40.2. The van der Waals surface area contributed by atoms with Crippen molar-refractivity contribution in [1.29, 1.82) is 0 Å². The molecule has 1 aromatic heterocycles. The Kier molecular flexibility index (Phi) is 10.7. The van der Waals surface area contributed by atoms with E-state index < -0.39 is 30.8 Å². The van der Waals surface area contributed by atoms with Gasteiger partial charge in [-0.2, -0.15) is 13.5 Å². The molecule has 5 rings (SSSR count). The molecule has 0 saturated carbocycles. The zero-order valence-electron chi connectivity index (χ0n) is 25.5. The predicted molar refractivity (Wildman–Crippen MR) is 178 cm³/mol. The molecule has 6 N–H and O–H groups in total. The van der Waals surface area contributed by atoms with Crippen LogP contribution in [0.15, 0.2) is 108 Å². The van der Waals surface area contributed by atoms with Crippen molar-refractivity contribution in [2.45, 2.75) is 14.7 Å². The molecule has 0 spiro atoms. The molecule has 0 aliphatic heterocycles. The minimum atomic E-state index is -4.70. The van der Waals surface area contributed by atoms with Crippen molar-refractivity contribution < 1.29 is 50.6 Å². The predicted octanol–water partition coefficient (Wildman–Crippen LogP) is 6.24. The Morgan fingerprint density at radius 2 is 1.48 bits per heavy atom. The molecule has 0 amide bonds. The zero-order chi connectivity index (χ0) is 36.1. The normalized spacial score (nSPS) is 12.2. The summed E-state index contributed by atoms with van der Waals surface area (Å²) in [6.07, 6.45) is 2.80. The second-order valence-corrected chi connectivity index (χ2v) is 13.5. The third-order valence-corrected chi connectivity index (χ3v) is 9.44. The van der Waals surface area contributed by atoms with Crippen molar-refractivity contribution in [3.8, 4) is 17.2 Å². The van der Waals surface area contributed by atoms with Gasteiger partial charge in [0.1, 0.15) is 33.5 Å². The van der Waals surface area contributed by atoms with E-state index in [1.165, 1.54) is 69.1 Å². The fourth-order valence-electron chi connectivity index (χ4n) is 4.29. The highest BCUT2D eigenvalue weighted by atomic mass is 32.2. The highest BCUT2D eigenvalue weighted by molar-refractivity contribution is 7.94. The summed E-state index contributed by atoms with van der Waals surface area (Å²) in [6, 6.07) is 13.4. The molecule has 0 atom stereocenters. The van der Waals surface area contributed by atoms with Gasteiger partial charge < -0.3 is 20.3 Å². The number of aromatic nitrogens is 2. The maximum atomic E-state index is 12.7. The van der Waals surface area contributed by atoms with Crippen molar-refractivity contribution in [2.75, 3.05) is 24.7 Å². The van der Waals surface area contributed by atoms with Gasteiger partial charge in [-0.3, -0.25) is 4.55 Å². The number of phenols is 1. The third kappa shape index (κ3) is 8.03. The maximum absolute atomic E-state index is 12.7. The number of rotatable bonds is 13. The first-order valence-electron chi connectivity index (χ1n) is 13.6. The van der Waals surface area contributed by atoms with Gasteiger partial charge in [0.25, 0.3) is 20.1 Å². The Labute approximate surface area is 287 Å². The summed E-state index contributed by atoms with van der Waals surface area (Å²) in [5.74, 6) is -0.274. The maximum Gasteiger partial charge on any atom is 0.296 e. The molecule has 0 bridgehead atoms. The van der Waals surface area contributed by atoms with Gasteiger partial charge in [-0.1, -0.05) is 5.04 Å². The number of azo groups is 2. The van der Waals surface area contributed by atoms with Gasteiger partial charge in [-0.15, -0.1) is 19.7 Å². The lowest BCUT2D eigenvalue weighted by molar-refractivity contribution is -0.432. The number of hydrogen-bond donors (Lipinski definition) is 5. The van der Waals surface area contributed by atoms with Gasteiger partial charge >= 0.3 is 0 Å². The molecule has 0 fully saturated rings. The summed E-state index contributed by atoms with van der Waals surface area (Å²) < 4.78 is 76.0. The Morgan fingerprint density at radius 3 is 2.06 bits per heavy atom. The number of hydrogen-bond acceptors (Lipinski definition) is 18. The topological polar surface area (TPSA) is 279 Å². The van der Waals surface area contributed by atoms with Crippen LogP contribution >= 0.6 is 12.0 Å². The van der Waals surface area contributed by atoms with Crippen molar-refractivity contribution in [1.82, 2.24) is 9.97 Å². The van der Waals surface area contributed by atoms with Crippen LogP contribution in [0.4, 0.5) is 34.4 Å². The molecule has 0 unspecified atom stereocenters. The molecule has 0 saturated heterocycles. The van der Waals surface area contributed by atoms with Crippen molar-refractivity contribution >= 4 is 77.3 Å². The van der Waals surface area contributed by atoms with Crippen LogP contribution in [0.1, 0.15) is 0 Å². The number of fused-ring (bicyclic) bond motifs is 1. The molecule has 0 radical (unpaired) electrons. The van der Waals surface area contributed by atoms with Gasteiger partial charge in [0.2, 0.25) is 5.95 Å². The highest BCUT2D eigenvalue weighted by Gasteiger charge is 2.21. The lowest BCUT2D eigenvalue weighted by Crippen LogP contribution is -2.14. The molecular weight excluding hydrogens is 721 g/mol. The van der Waals surface area contributed by atoms with E-state index in [-0.39, 0.29) is 60.8 Å². The molecule has 19 nitrogen and oxygen atoms in total. The van der Waals surface area contributed by atoms with Crippen molar-refractivity contribution in [2.24, 2.45) is 20.5 Å². The number of nitrogens with one attached hydrogen (secondary N) is 1. The largest absolute Gasteiger partial charge is 0.505 e. The molecule has 50 heavy (non-hydrogen) atoms. The van der Waals surface area contributed by atoms with E-state index in [1.54, 1.807) is 6.07 Å². The molecule has 22 heteroatoms. The first kappa shape index (κ1) is 35.8. The van der Waals surface area contributed by atoms with E-state index >= 15 is 0 Å². The van der Waals surface area contributed by atoms with Gasteiger partial charge in [0.15, 0.2) is 5.75 Å². The van der Waals surface area contributed by atoms with Crippen LogP contribution in [0.2, 0.25) is 0 Å². The molecule has 5 aromatic rings. The van der Waals surface area contributed by atoms with Crippen LogP contribution in [0.3, 0.4) is 0 Å². The molecule has 260 valence electrons. The average molecular weight is 745 g/mol. The van der Waals surface area contributed by atoms with E-state index in [1.807, 2.05) is 0 Å². The van der Waals surface area contributed by atoms with Crippen LogP contribution in [0.5, 0.6) is 17.2 Å². The second-order valence-electron chi connectivity index (χ2n) is 9.65. The van der Waals surface area contributed by atoms with E-state index in [9.17, 15) is 26.5 Å². The molecule has 0 aliphatic rings. The Balaban J connectivity index is 1.45. The van der Waals surface area contributed by atoms with Crippen LogP contribution in [0.25, 0.3) is 10.8 Å². The minimum absolute atomic E-state index is 0.00166. The first-order valence-corrected chi connectivity index (χ1v) is 17.2. The number of nitrogen functional groups attached to an aromatic ring is 1. The summed E-state index contributed by atoms with van der Waals surface area (Å²) in [7, 11) is -5.94. The Hall–Kier alpha value is -5.49. The molecule has 4 aromatic carbocycles. The number of ether oxygens (including phenoxy) is 2. The lowest BCUT2D eigenvalue weighted by atomic mass is 10.1. The Morgan fingerprint density at radius 1 is 0.860 bits per heavy atom. The SMILES string of the molecule is COc1cc(N=Nc2c(SOOO)cc3cc(S(=O)(=O)O)c(N)cc3c2O)c(OC)cc1N=Nc1ccc(S(=O)(=O)Nc2ncccn2)cc1. The standard InChI is InChI=1S/C28H24N8O11S3/c1-44-22-14-21(34-35-26-24(48-47-46-38)10-15-11-25(50(41,42)43)19(29)12-18(15)27(26)37)23(45-2)13-20(22)33-32-16-4-6-17(7-5-16)49(39,40)36-28-30-8-3-9-31-28/h3-14,37-38H,29H2,1-2H3,(H,30,31,36)(H,41,42,43). The quantitative estimate of drug-likeness (QED) is 0.0223. The number of benzene rings is 4. The summed E-state index contributed by atoms with van der Waals surface area (Å²) >= 11 is 0.401. The smallest absolute Gasteiger partial charge is 0.296 e. The van der Waals surface area contributed by atoms with Gasteiger partial charge in [0.05, 0.1) is 47.4 Å². The number of aromatic hydroxyl groups is 1. The van der Waals surface area contributed by atoms with Gasteiger partial charge in [-0.25, -0.2) is 28.4 Å². The lowest BCUT2D eigenvalue weighted by Gasteiger charge is -2.12.